The van der Waals surface area contributed by atoms with Crippen molar-refractivity contribution in [3.63, 3.8) is 0 Å². The second-order valence-corrected chi connectivity index (χ2v) is 5.85. The maximum Gasteiger partial charge on any atom is 0.245 e. The van der Waals surface area contributed by atoms with Crippen molar-refractivity contribution in [2.24, 2.45) is 0 Å². The molecule has 26 heavy (non-hydrogen) atoms. The molecule has 0 aliphatic heterocycles. The van der Waals surface area contributed by atoms with Crippen molar-refractivity contribution in [2.75, 3.05) is 13.2 Å². The number of hydrogen-bond donors (Lipinski definition) is 0. The zero-order valence-electron chi connectivity index (χ0n) is 13.7. The summed E-state index contributed by atoms with van der Waals surface area (Å²) in [5.41, 5.74) is 1.71. The summed E-state index contributed by atoms with van der Waals surface area (Å²) in [5.74, 6) is 1.41. The SMILES string of the molecule is O=C(Cl)/C=C/c1ccc(OCCOc2ccc(/C=C/C(=O)Cl)cc2)cc1. The second kappa shape index (κ2) is 10.4. The van der Waals surface area contributed by atoms with Gasteiger partial charge in [-0.1, -0.05) is 36.4 Å². The Morgan fingerprint density at radius 3 is 1.35 bits per heavy atom. The summed E-state index contributed by atoms with van der Waals surface area (Å²) in [6, 6.07) is 14.5. The van der Waals surface area contributed by atoms with E-state index >= 15 is 0 Å². The molecule has 0 bridgehead atoms. The van der Waals surface area contributed by atoms with Crippen molar-refractivity contribution in [3.05, 3.63) is 71.8 Å². The highest BCUT2D eigenvalue weighted by Gasteiger charge is 1.97. The Bertz CT molecular complexity index is 724. The van der Waals surface area contributed by atoms with Gasteiger partial charge >= 0.3 is 0 Å². The van der Waals surface area contributed by atoms with E-state index in [0.717, 1.165) is 11.1 Å². The fraction of sp³-hybridized carbons (Fsp3) is 0.100. The van der Waals surface area contributed by atoms with E-state index in [1.54, 1.807) is 36.4 Å². The van der Waals surface area contributed by atoms with Gasteiger partial charge in [0.15, 0.2) is 0 Å². The lowest BCUT2D eigenvalue weighted by Gasteiger charge is -2.08. The van der Waals surface area contributed by atoms with Crippen LogP contribution in [-0.2, 0) is 9.59 Å². The minimum atomic E-state index is -0.515. The van der Waals surface area contributed by atoms with Crippen LogP contribution < -0.4 is 9.47 Å². The van der Waals surface area contributed by atoms with Gasteiger partial charge in [0.1, 0.15) is 24.7 Å². The van der Waals surface area contributed by atoms with E-state index in [2.05, 4.69) is 0 Å². The molecule has 0 heterocycles. The molecule has 0 radical (unpaired) electrons. The molecule has 0 fully saturated rings. The lowest BCUT2D eigenvalue weighted by Crippen LogP contribution is -2.08. The van der Waals surface area contributed by atoms with E-state index < -0.39 is 10.5 Å². The average Bonchev–Trinajstić information content (AvgIpc) is 2.63. The number of allylic oxidation sites excluding steroid dienone is 2. The first-order valence-electron chi connectivity index (χ1n) is 7.74. The van der Waals surface area contributed by atoms with Gasteiger partial charge in [-0.05, 0) is 70.7 Å². The van der Waals surface area contributed by atoms with Crippen LogP contribution >= 0.6 is 23.2 Å². The maximum absolute atomic E-state index is 10.7. The van der Waals surface area contributed by atoms with E-state index in [-0.39, 0.29) is 0 Å². The fourth-order valence-corrected chi connectivity index (χ4v) is 2.12. The molecule has 2 rings (SSSR count). The van der Waals surface area contributed by atoms with Crippen molar-refractivity contribution in [3.8, 4) is 11.5 Å². The first-order valence-corrected chi connectivity index (χ1v) is 8.49. The normalized spacial score (nSPS) is 11.0. The Balaban J connectivity index is 1.74. The molecule has 0 aliphatic rings. The Morgan fingerprint density at radius 2 is 1.04 bits per heavy atom. The lowest BCUT2D eigenvalue weighted by molar-refractivity contribution is -0.108. The van der Waals surface area contributed by atoms with Gasteiger partial charge in [-0.2, -0.15) is 0 Å². The Labute approximate surface area is 161 Å². The summed E-state index contributed by atoms with van der Waals surface area (Å²) in [7, 11) is 0. The third kappa shape index (κ3) is 7.55. The van der Waals surface area contributed by atoms with E-state index in [4.69, 9.17) is 32.7 Å². The van der Waals surface area contributed by atoms with Crippen LogP contribution in [0.15, 0.2) is 60.7 Å². The molecule has 2 aromatic carbocycles. The zero-order chi connectivity index (χ0) is 18.8. The van der Waals surface area contributed by atoms with Crippen LogP contribution in [0.4, 0.5) is 0 Å². The van der Waals surface area contributed by atoms with Crippen LogP contribution in [0.2, 0.25) is 0 Å². The molecule has 0 aliphatic carbocycles. The number of carbonyl (C=O) groups is 2. The number of carbonyl (C=O) groups excluding carboxylic acids is 2. The summed E-state index contributed by atoms with van der Waals surface area (Å²) in [6.45, 7) is 0.773. The Kier molecular flexibility index (Phi) is 7.93. The van der Waals surface area contributed by atoms with Crippen LogP contribution in [0.1, 0.15) is 11.1 Å². The van der Waals surface area contributed by atoms with Crippen molar-refractivity contribution < 1.29 is 19.1 Å². The molecule has 6 heteroatoms. The largest absolute Gasteiger partial charge is 0.490 e. The quantitative estimate of drug-likeness (QED) is 0.353. The summed E-state index contributed by atoms with van der Waals surface area (Å²) in [4.78, 5) is 21.3. The molecule has 0 unspecified atom stereocenters. The van der Waals surface area contributed by atoms with Crippen LogP contribution in [0.25, 0.3) is 12.2 Å². The highest BCUT2D eigenvalue weighted by molar-refractivity contribution is 6.67. The van der Waals surface area contributed by atoms with Crippen LogP contribution in [-0.4, -0.2) is 23.7 Å². The van der Waals surface area contributed by atoms with Crippen molar-refractivity contribution >= 4 is 45.8 Å². The number of halogens is 2. The number of rotatable bonds is 9. The van der Waals surface area contributed by atoms with Gasteiger partial charge in [-0.25, -0.2) is 0 Å². The molecule has 0 saturated carbocycles. The minimum absolute atomic E-state index is 0.387. The third-order valence-electron chi connectivity index (χ3n) is 3.19. The molecular formula is C20H16Cl2O4. The molecule has 0 saturated heterocycles. The maximum atomic E-state index is 10.7. The molecule has 0 N–H and O–H groups in total. The highest BCUT2D eigenvalue weighted by atomic mass is 35.5. The van der Waals surface area contributed by atoms with Crippen molar-refractivity contribution in [2.45, 2.75) is 0 Å². The Morgan fingerprint density at radius 1 is 0.692 bits per heavy atom. The smallest absolute Gasteiger partial charge is 0.245 e. The first kappa shape index (κ1) is 19.8. The van der Waals surface area contributed by atoms with E-state index in [0.29, 0.717) is 24.7 Å². The second-order valence-electron chi connectivity index (χ2n) is 5.11. The van der Waals surface area contributed by atoms with Gasteiger partial charge in [0.25, 0.3) is 0 Å². The van der Waals surface area contributed by atoms with Crippen molar-refractivity contribution in [1.82, 2.24) is 0 Å². The molecule has 0 spiro atoms. The van der Waals surface area contributed by atoms with E-state index in [9.17, 15) is 9.59 Å². The fourth-order valence-electron chi connectivity index (χ4n) is 1.99. The summed E-state index contributed by atoms with van der Waals surface area (Å²) >= 11 is 10.5. The number of benzene rings is 2. The van der Waals surface area contributed by atoms with Gasteiger partial charge < -0.3 is 9.47 Å². The summed E-state index contributed by atoms with van der Waals surface area (Å²) in [6.07, 6.45) is 5.84. The molecular weight excluding hydrogens is 375 g/mol. The first-order chi connectivity index (χ1) is 12.5. The van der Waals surface area contributed by atoms with E-state index in [1.165, 1.54) is 12.2 Å². The topological polar surface area (TPSA) is 52.6 Å². The molecule has 0 amide bonds. The molecule has 134 valence electrons. The predicted molar refractivity (Wildman–Crippen MR) is 104 cm³/mol. The minimum Gasteiger partial charge on any atom is -0.490 e. The van der Waals surface area contributed by atoms with Crippen molar-refractivity contribution in [1.29, 1.82) is 0 Å². The Hall–Kier alpha value is -2.56. The predicted octanol–water partition coefficient (Wildman–Crippen LogP) is 4.70. The highest BCUT2D eigenvalue weighted by Crippen LogP contribution is 2.15. The van der Waals surface area contributed by atoms with Gasteiger partial charge in [-0.3, -0.25) is 9.59 Å². The third-order valence-corrected chi connectivity index (χ3v) is 3.45. The van der Waals surface area contributed by atoms with Gasteiger partial charge in [0.05, 0.1) is 0 Å². The van der Waals surface area contributed by atoms with Crippen LogP contribution in [0.5, 0.6) is 11.5 Å². The molecule has 4 nitrogen and oxygen atoms in total. The summed E-state index contributed by atoms with van der Waals surface area (Å²) in [5, 5.41) is -1.03. The molecule has 2 aromatic rings. The van der Waals surface area contributed by atoms with Gasteiger partial charge in [0, 0.05) is 0 Å². The lowest BCUT2D eigenvalue weighted by atomic mass is 10.2. The van der Waals surface area contributed by atoms with Crippen LogP contribution in [0.3, 0.4) is 0 Å². The van der Waals surface area contributed by atoms with Gasteiger partial charge in [-0.15, -0.1) is 0 Å². The summed E-state index contributed by atoms with van der Waals surface area (Å²) < 4.78 is 11.2. The molecule has 0 atom stereocenters. The zero-order valence-corrected chi connectivity index (χ0v) is 15.2. The monoisotopic (exact) mass is 390 g/mol. The number of hydrogen-bond acceptors (Lipinski definition) is 4. The van der Waals surface area contributed by atoms with Gasteiger partial charge in [0.2, 0.25) is 10.5 Å². The van der Waals surface area contributed by atoms with Crippen LogP contribution in [0, 0.1) is 0 Å². The standard InChI is InChI=1S/C20H16Cl2O4/c21-19(23)11-5-15-1-7-17(8-2-15)25-13-14-26-18-9-3-16(4-10-18)6-12-20(22)24/h1-12H,13-14H2/b11-5+,12-6+. The number of ether oxygens (including phenoxy) is 2. The van der Waals surface area contributed by atoms with E-state index in [1.807, 2.05) is 24.3 Å². The molecule has 0 aromatic heterocycles. The average molecular weight is 391 g/mol.